The van der Waals surface area contributed by atoms with Crippen molar-refractivity contribution < 1.29 is 13.2 Å². The summed E-state index contributed by atoms with van der Waals surface area (Å²) < 4.78 is 40.5. The second-order valence-electron chi connectivity index (χ2n) is 7.40. The van der Waals surface area contributed by atoms with Gasteiger partial charge in [-0.3, -0.25) is 4.98 Å². The van der Waals surface area contributed by atoms with Crippen molar-refractivity contribution in [1.82, 2.24) is 19.8 Å². The zero-order chi connectivity index (χ0) is 19.2. The summed E-state index contributed by atoms with van der Waals surface area (Å²) in [4.78, 5) is 7.06. The van der Waals surface area contributed by atoms with Crippen molar-refractivity contribution in [3.8, 4) is 0 Å². The van der Waals surface area contributed by atoms with Crippen LogP contribution < -0.4 is 5.32 Å². The molecule has 0 radical (unpaired) electrons. The third-order valence-electron chi connectivity index (χ3n) is 5.35. The zero-order valence-electron chi connectivity index (χ0n) is 15.5. The van der Waals surface area contributed by atoms with Crippen LogP contribution in [0.2, 0.25) is 0 Å². The Balaban J connectivity index is 1.58. The van der Waals surface area contributed by atoms with E-state index in [2.05, 4.69) is 27.9 Å². The molecule has 7 heteroatoms. The predicted molar refractivity (Wildman–Crippen MR) is 99.3 cm³/mol. The molecule has 27 heavy (non-hydrogen) atoms. The number of allylic oxidation sites excluding steroid dienone is 2. The van der Waals surface area contributed by atoms with Crippen LogP contribution in [0.3, 0.4) is 0 Å². The van der Waals surface area contributed by atoms with Crippen molar-refractivity contribution in [3.05, 3.63) is 53.0 Å². The Bertz CT molecular complexity index is 923. The van der Waals surface area contributed by atoms with Gasteiger partial charge in [0.15, 0.2) is 0 Å². The molecule has 0 fully saturated rings. The Hall–Kier alpha value is -2.28. The number of halogens is 3. The van der Waals surface area contributed by atoms with E-state index in [9.17, 15) is 13.2 Å². The Morgan fingerprint density at radius 1 is 1.30 bits per heavy atom. The van der Waals surface area contributed by atoms with Gasteiger partial charge in [-0.25, -0.2) is 0 Å². The summed E-state index contributed by atoms with van der Waals surface area (Å²) in [5.74, 6) is 0. The number of nitrogens with one attached hydrogen (secondary N) is 1. The van der Waals surface area contributed by atoms with Crippen LogP contribution in [0.1, 0.15) is 23.4 Å². The van der Waals surface area contributed by atoms with Crippen LogP contribution >= 0.6 is 0 Å². The van der Waals surface area contributed by atoms with Crippen molar-refractivity contribution in [2.45, 2.75) is 45.1 Å². The van der Waals surface area contributed by atoms with E-state index < -0.39 is 12.2 Å². The van der Waals surface area contributed by atoms with Crippen LogP contribution in [-0.2, 0) is 19.5 Å². The highest BCUT2D eigenvalue weighted by atomic mass is 19.4. The molecular formula is C20H23F3N4. The van der Waals surface area contributed by atoms with Crippen LogP contribution in [0.5, 0.6) is 0 Å². The summed E-state index contributed by atoms with van der Waals surface area (Å²) in [6.45, 7) is 4.61. The van der Waals surface area contributed by atoms with E-state index in [1.807, 2.05) is 13.0 Å². The van der Waals surface area contributed by atoms with Gasteiger partial charge in [-0.15, -0.1) is 0 Å². The molecular weight excluding hydrogens is 353 g/mol. The molecule has 1 unspecified atom stereocenters. The summed E-state index contributed by atoms with van der Waals surface area (Å²) in [5.41, 5.74) is 6.63. The van der Waals surface area contributed by atoms with Crippen LogP contribution in [0.25, 0.3) is 11.0 Å². The quantitative estimate of drug-likeness (QED) is 0.887. The first kappa shape index (κ1) is 18.1. The third kappa shape index (κ3) is 3.48. The van der Waals surface area contributed by atoms with Crippen molar-refractivity contribution >= 4 is 11.0 Å². The molecule has 4 rings (SSSR count). The first-order valence-electron chi connectivity index (χ1n) is 9.19. The van der Waals surface area contributed by atoms with Gasteiger partial charge in [-0.1, -0.05) is 12.2 Å². The minimum absolute atomic E-state index is 0.675. The molecule has 4 nitrogen and oxygen atoms in total. The second-order valence-corrected chi connectivity index (χ2v) is 7.40. The van der Waals surface area contributed by atoms with E-state index in [0.717, 1.165) is 48.4 Å². The van der Waals surface area contributed by atoms with E-state index >= 15 is 0 Å². The van der Waals surface area contributed by atoms with Crippen LogP contribution in [0, 0.1) is 6.92 Å². The van der Waals surface area contributed by atoms with Crippen molar-refractivity contribution in [2.24, 2.45) is 0 Å². The van der Waals surface area contributed by atoms with Gasteiger partial charge in [0.1, 0.15) is 6.04 Å². The number of aromatic nitrogens is 2. The summed E-state index contributed by atoms with van der Waals surface area (Å²) in [6.07, 6.45) is 1.65. The number of fused-ring (bicyclic) bond motifs is 3. The summed E-state index contributed by atoms with van der Waals surface area (Å²) in [7, 11) is 2.11. The number of hydrogen-bond acceptors (Lipinski definition) is 3. The Labute approximate surface area is 156 Å². The molecule has 0 amide bonds. The van der Waals surface area contributed by atoms with Gasteiger partial charge in [0, 0.05) is 49.2 Å². The number of pyridine rings is 1. The number of dihydropyridines is 1. The van der Waals surface area contributed by atoms with Crippen molar-refractivity contribution in [1.29, 1.82) is 0 Å². The molecule has 2 aliphatic rings. The largest absolute Gasteiger partial charge is 0.412 e. The fourth-order valence-corrected chi connectivity index (χ4v) is 3.91. The third-order valence-corrected chi connectivity index (χ3v) is 5.35. The molecule has 2 aliphatic heterocycles. The number of hydrogen-bond donors (Lipinski definition) is 1. The lowest BCUT2D eigenvalue weighted by atomic mass is 10.1. The Morgan fingerprint density at radius 3 is 2.81 bits per heavy atom. The molecule has 0 aliphatic carbocycles. The highest BCUT2D eigenvalue weighted by Gasteiger charge is 2.38. The van der Waals surface area contributed by atoms with Gasteiger partial charge in [0.05, 0.1) is 11.0 Å². The van der Waals surface area contributed by atoms with Crippen LogP contribution in [-0.4, -0.2) is 40.3 Å². The fraction of sp³-hybridized carbons (Fsp3) is 0.450. The molecule has 0 saturated carbocycles. The molecule has 2 aromatic rings. The Kier molecular flexibility index (Phi) is 4.50. The van der Waals surface area contributed by atoms with Gasteiger partial charge in [0.25, 0.3) is 0 Å². The molecule has 2 aromatic heterocycles. The first-order valence-corrected chi connectivity index (χ1v) is 9.19. The zero-order valence-corrected chi connectivity index (χ0v) is 15.5. The highest BCUT2D eigenvalue weighted by Crippen LogP contribution is 2.31. The normalized spacial score (nSPS) is 20.5. The number of aryl methyl sites for hydroxylation is 2. The lowest BCUT2D eigenvalue weighted by Crippen LogP contribution is -2.39. The smallest absolute Gasteiger partial charge is 0.377 e. The summed E-state index contributed by atoms with van der Waals surface area (Å²) in [6, 6.07) is 2.53. The molecule has 0 aromatic carbocycles. The van der Waals surface area contributed by atoms with Gasteiger partial charge >= 0.3 is 6.18 Å². The maximum absolute atomic E-state index is 12.7. The van der Waals surface area contributed by atoms with E-state index in [1.165, 1.54) is 23.5 Å². The minimum atomic E-state index is -4.26. The molecule has 1 atom stereocenters. The van der Waals surface area contributed by atoms with E-state index in [4.69, 9.17) is 4.98 Å². The maximum atomic E-state index is 12.7. The van der Waals surface area contributed by atoms with Crippen molar-refractivity contribution in [2.75, 3.05) is 13.6 Å². The number of likely N-dealkylation sites (N-methyl/N-ethyl adjacent to an activating group) is 1. The van der Waals surface area contributed by atoms with E-state index in [-0.39, 0.29) is 0 Å². The standard InChI is InChI=1S/C20H23F3N4/c1-13-3-5-17-19(25-13)15-12-26(2)9-8-16(15)27(17)10-7-14-4-6-18(24-11-14)20(21,22)23/h3-6,11,18,24H,7-10,12H2,1-2H3. The molecule has 4 heterocycles. The highest BCUT2D eigenvalue weighted by molar-refractivity contribution is 5.82. The van der Waals surface area contributed by atoms with Gasteiger partial charge in [0.2, 0.25) is 0 Å². The average Bonchev–Trinajstić information content (AvgIpc) is 2.92. The van der Waals surface area contributed by atoms with Crippen LogP contribution in [0.4, 0.5) is 13.2 Å². The number of alkyl halides is 3. The van der Waals surface area contributed by atoms with E-state index in [1.54, 1.807) is 6.08 Å². The minimum Gasteiger partial charge on any atom is -0.377 e. The average molecular weight is 376 g/mol. The van der Waals surface area contributed by atoms with Gasteiger partial charge < -0.3 is 14.8 Å². The van der Waals surface area contributed by atoms with Crippen LogP contribution in [0.15, 0.2) is 36.1 Å². The Morgan fingerprint density at radius 2 is 2.11 bits per heavy atom. The molecule has 0 saturated heterocycles. The van der Waals surface area contributed by atoms with E-state index in [0.29, 0.717) is 6.42 Å². The lowest BCUT2D eigenvalue weighted by molar-refractivity contribution is -0.142. The predicted octanol–water partition coefficient (Wildman–Crippen LogP) is 3.70. The lowest BCUT2D eigenvalue weighted by Gasteiger charge is -2.24. The molecule has 144 valence electrons. The number of rotatable bonds is 3. The SMILES string of the molecule is Cc1ccc2c(n1)c1c(n2CCC2=CNC(C(F)(F)F)C=C2)CCN(C)C1. The van der Waals surface area contributed by atoms with Gasteiger partial charge in [-0.2, -0.15) is 13.2 Å². The summed E-state index contributed by atoms with van der Waals surface area (Å²) in [5, 5.41) is 2.45. The molecule has 0 spiro atoms. The van der Waals surface area contributed by atoms with Crippen molar-refractivity contribution in [3.63, 3.8) is 0 Å². The monoisotopic (exact) mass is 376 g/mol. The topological polar surface area (TPSA) is 33.1 Å². The molecule has 0 bridgehead atoms. The maximum Gasteiger partial charge on any atom is 0.412 e. The molecule has 1 N–H and O–H groups in total. The second kappa shape index (κ2) is 6.71. The fourth-order valence-electron chi connectivity index (χ4n) is 3.91. The van der Waals surface area contributed by atoms with Gasteiger partial charge in [-0.05, 0) is 38.1 Å². The first-order chi connectivity index (χ1) is 12.8. The summed E-state index contributed by atoms with van der Waals surface area (Å²) >= 11 is 0. The number of nitrogens with zero attached hydrogens (tertiary/aromatic N) is 3.